The summed E-state index contributed by atoms with van der Waals surface area (Å²) in [5.41, 5.74) is 0.323. The predicted molar refractivity (Wildman–Crippen MR) is 122 cm³/mol. The van der Waals surface area contributed by atoms with Gasteiger partial charge in [-0.1, -0.05) is 23.7 Å². The van der Waals surface area contributed by atoms with Crippen LogP contribution >= 0.6 is 22.9 Å². The summed E-state index contributed by atoms with van der Waals surface area (Å²) in [4.78, 5) is 42.2. The summed E-state index contributed by atoms with van der Waals surface area (Å²) in [5.74, 6) is -2.08. The Bertz CT molecular complexity index is 952. The molecule has 0 fully saturated rings. The second kappa shape index (κ2) is 11.4. The van der Waals surface area contributed by atoms with E-state index >= 15 is 0 Å². The summed E-state index contributed by atoms with van der Waals surface area (Å²) >= 11 is 7.11. The highest BCUT2D eigenvalue weighted by Crippen LogP contribution is 2.30. The van der Waals surface area contributed by atoms with E-state index in [-0.39, 0.29) is 24.6 Å². The van der Waals surface area contributed by atoms with Crippen LogP contribution in [0.2, 0.25) is 5.02 Å². The summed E-state index contributed by atoms with van der Waals surface area (Å²) in [6.45, 7) is 8.69. The molecule has 174 valence electrons. The zero-order valence-electron chi connectivity index (χ0n) is 18.7. The molecule has 1 unspecified atom stereocenters. The van der Waals surface area contributed by atoms with Gasteiger partial charge in [0.1, 0.15) is 15.5 Å². The van der Waals surface area contributed by atoms with Gasteiger partial charge in [-0.3, -0.25) is 5.32 Å². The fraction of sp³-hybridized carbons (Fsp3) is 0.455. The number of thiazole rings is 1. The molecule has 1 atom stereocenters. The largest absolute Gasteiger partial charge is 0.464 e. The van der Waals surface area contributed by atoms with E-state index in [4.69, 9.17) is 25.8 Å². The van der Waals surface area contributed by atoms with Crippen LogP contribution in [-0.4, -0.2) is 47.7 Å². The number of halogens is 1. The average Bonchev–Trinajstić information content (AvgIpc) is 3.12. The SMILES string of the molecule is CCOC(=O)c1sc(-c2ccc(Cl)cc2)nc1CNC(C(=O)OCC)C(=O)OC(C)(C)C. The number of esters is 3. The van der Waals surface area contributed by atoms with E-state index < -0.39 is 29.6 Å². The molecule has 2 rings (SSSR count). The van der Waals surface area contributed by atoms with Gasteiger partial charge >= 0.3 is 17.9 Å². The lowest BCUT2D eigenvalue weighted by Gasteiger charge is -2.23. The normalized spacial score (nSPS) is 12.2. The van der Waals surface area contributed by atoms with Crippen LogP contribution in [0, 0.1) is 0 Å². The van der Waals surface area contributed by atoms with Crippen molar-refractivity contribution in [2.75, 3.05) is 13.2 Å². The van der Waals surface area contributed by atoms with Gasteiger partial charge in [0.15, 0.2) is 0 Å². The summed E-state index contributed by atoms with van der Waals surface area (Å²) in [7, 11) is 0. The van der Waals surface area contributed by atoms with E-state index in [1.165, 1.54) is 0 Å². The third-order valence-corrected chi connectivity index (χ3v) is 5.27. The smallest absolute Gasteiger partial charge is 0.350 e. The molecule has 10 heteroatoms. The minimum atomic E-state index is -1.37. The number of ether oxygens (including phenoxy) is 3. The molecule has 8 nitrogen and oxygen atoms in total. The molecule has 0 aliphatic carbocycles. The van der Waals surface area contributed by atoms with Gasteiger partial charge in [-0.2, -0.15) is 0 Å². The molecule has 0 bridgehead atoms. The van der Waals surface area contributed by atoms with Crippen molar-refractivity contribution in [2.45, 2.75) is 52.8 Å². The van der Waals surface area contributed by atoms with Crippen LogP contribution in [0.15, 0.2) is 24.3 Å². The van der Waals surface area contributed by atoms with Gasteiger partial charge in [0.25, 0.3) is 0 Å². The van der Waals surface area contributed by atoms with Crippen molar-refractivity contribution in [1.29, 1.82) is 0 Å². The van der Waals surface area contributed by atoms with Crippen LogP contribution in [0.5, 0.6) is 0 Å². The van der Waals surface area contributed by atoms with Gasteiger partial charge in [-0.05, 0) is 46.8 Å². The second-order valence-corrected chi connectivity index (χ2v) is 9.06. The third-order valence-electron chi connectivity index (χ3n) is 3.89. The Labute approximate surface area is 196 Å². The summed E-state index contributed by atoms with van der Waals surface area (Å²) in [5, 5.41) is 3.97. The van der Waals surface area contributed by atoms with Crippen LogP contribution < -0.4 is 5.32 Å². The maximum atomic E-state index is 12.6. The van der Waals surface area contributed by atoms with Crippen molar-refractivity contribution in [3.05, 3.63) is 39.9 Å². The van der Waals surface area contributed by atoms with E-state index in [9.17, 15) is 14.4 Å². The first-order valence-electron chi connectivity index (χ1n) is 10.1. The first-order chi connectivity index (χ1) is 15.1. The van der Waals surface area contributed by atoms with E-state index in [0.29, 0.717) is 15.7 Å². The van der Waals surface area contributed by atoms with Crippen LogP contribution in [0.3, 0.4) is 0 Å². The molecule has 32 heavy (non-hydrogen) atoms. The molecular weight excluding hydrogens is 456 g/mol. The number of carbonyl (C=O) groups is 3. The lowest BCUT2D eigenvalue weighted by molar-refractivity contribution is -0.165. The van der Waals surface area contributed by atoms with Gasteiger partial charge in [0.05, 0.1) is 18.9 Å². The van der Waals surface area contributed by atoms with Gasteiger partial charge in [-0.25, -0.2) is 19.4 Å². The molecule has 0 aliphatic heterocycles. The molecule has 0 amide bonds. The Kier molecular flexibility index (Phi) is 9.18. The van der Waals surface area contributed by atoms with Gasteiger partial charge in [0, 0.05) is 17.1 Å². The van der Waals surface area contributed by atoms with Crippen molar-refractivity contribution >= 4 is 40.8 Å². The molecule has 2 aromatic rings. The highest BCUT2D eigenvalue weighted by molar-refractivity contribution is 7.17. The van der Waals surface area contributed by atoms with Gasteiger partial charge in [0.2, 0.25) is 6.04 Å². The molecule has 0 saturated heterocycles. The molecule has 0 spiro atoms. The maximum Gasteiger partial charge on any atom is 0.350 e. The predicted octanol–water partition coefficient (Wildman–Crippen LogP) is 4.00. The fourth-order valence-corrected chi connectivity index (χ4v) is 3.70. The van der Waals surface area contributed by atoms with Crippen molar-refractivity contribution in [3.8, 4) is 10.6 Å². The van der Waals surface area contributed by atoms with E-state index in [2.05, 4.69) is 10.3 Å². The van der Waals surface area contributed by atoms with Crippen molar-refractivity contribution in [3.63, 3.8) is 0 Å². The summed E-state index contributed by atoms with van der Waals surface area (Å²) in [6.07, 6.45) is 0. The molecule has 1 heterocycles. The topological polar surface area (TPSA) is 104 Å². The van der Waals surface area contributed by atoms with Crippen molar-refractivity contribution in [2.24, 2.45) is 0 Å². The Morgan fingerprint density at radius 2 is 1.69 bits per heavy atom. The highest BCUT2D eigenvalue weighted by atomic mass is 35.5. The van der Waals surface area contributed by atoms with Crippen LogP contribution in [0.25, 0.3) is 10.6 Å². The number of hydrogen-bond acceptors (Lipinski definition) is 9. The quantitative estimate of drug-likeness (QED) is 0.325. The monoisotopic (exact) mass is 482 g/mol. The molecule has 1 N–H and O–H groups in total. The molecule has 1 aromatic carbocycles. The average molecular weight is 483 g/mol. The lowest BCUT2D eigenvalue weighted by Crippen LogP contribution is -2.47. The highest BCUT2D eigenvalue weighted by Gasteiger charge is 2.33. The van der Waals surface area contributed by atoms with Crippen LogP contribution in [-0.2, 0) is 30.3 Å². The molecule has 0 radical (unpaired) electrons. The number of hydrogen-bond donors (Lipinski definition) is 1. The Balaban J connectivity index is 2.32. The van der Waals surface area contributed by atoms with Crippen molar-refractivity contribution < 1.29 is 28.6 Å². The van der Waals surface area contributed by atoms with Crippen LogP contribution in [0.4, 0.5) is 0 Å². The zero-order valence-corrected chi connectivity index (χ0v) is 20.3. The molecule has 0 aliphatic rings. The number of benzene rings is 1. The number of rotatable bonds is 9. The number of nitrogens with zero attached hydrogens (tertiary/aromatic N) is 1. The second-order valence-electron chi connectivity index (χ2n) is 7.62. The van der Waals surface area contributed by atoms with E-state index in [0.717, 1.165) is 16.9 Å². The van der Waals surface area contributed by atoms with E-state index in [1.807, 2.05) is 0 Å². The number of carbonyl (C=O) groups excluding carboxylic acids is 3. The first-order valence-corrected chi connectivity index (χ1v) is 11.3. The standard InChI is InChI=1S/C22H27ClN2O6S/c1-6-29-19(26)16(20(27)31-22(3,4)5)24-12-15-17(21(28)30-7-2)32-18(25-15)13-8-10-14(23)11-9-13/h8-11,16,24H,6-7,12H2,1-5H3. The first kappa shape index (κ1) is 25.8. The van der Waals surface area contributed by atoms with Crippen molar-refractivity contribution in [1.82, 2.24) is 10.3 Å². The van der Waals surface area contributed by atoms with E-state index in [1.54, 1.807) is 58.9 Å². The number of nitrogens with one attached hydrogen (secondary N) is 1. The maximum absolute atomic E-state index is 12.6. The summed E-state index contributed by atoms with van der Waals surface area (Å²) < 4.78 is 15.5. The Morgan fingerprint density at radius 3 is 2.25 bits per heavy atom. The molecule has 1 aromatic heterocycles. The molecule has 0 saturated carbocycles. The van der Waals surface area contributed by atoms with Gasteiger partial charge in [-0.15, -0.1) is 11.3 Å². The molecular formula is C22H27ClN2O6S. The minimum Gasteiger partial charge on any atom is -0.464 e. The van der Waals surface area contributed by atoms with Gasteiger partial charge < -0.3 is 14.2 Å². The minimum absolute atomic E-state index is 0.0546. The fourth-order valence-electron chi connectivity index (χ4n) is 2.59. The number of aromatic nitrogens is 1. The third kappa shape index (κ3) is 7.29. The zero-order chi connectivity index (χ0) is 23.9. The Hall–Kier alpha value is -2.49. The lowest BCUT2D eigenvalue weighted by atomic mass is 10.2. The van der Waals surface area contributed by atoms with Crippen LogP contribution in [0.1, 0.15) is 50.0 Å². The summed E-state index contributed by atoms with van der Waals surface area (Å²) in [6, 6.07) is 5.65. The Morgan fingerprint density at radius 1 is 1.06 bits per heavy atom.